The number of rotatable bonds is 7. The van der Waals surface area contributed by atoms with E-state index in [1.807, 2.05) is 60.7 Å². The second-order valence-corrected chi connectivity index (χ2v) is 7.66. The molecule has 0 spiro atoms. The van der Waals surface area contributed by atoms with Gasteiger partial charge in [0.15, 0.2) is 6.61 Å². The molecular formula is C23H16ClN3O2S. The Balaban J connectivity index is 1.34. The van der Waals surface area contributed by atoms with Crippen LogP contribution in [0.5, 0.6) is 5.75 Å². The molecule has 0 amide bonds. The predicted molar refractivity (Wildman–Crippen MR) is 116 cm³/mol. The maximum absolute atomic E-state index is 9.27. The Labute approximate surface area is 183 Å². The van der Waals surface area contributed by atoms with Gasteiger partial charge in [0, 0.05) is 5.75 Å². The standard InChI is InChI=1S/C23H16ClN3O2S/c24-20-7-3-4-8-21(20)28-14-22-26-27-23(29-22)30-15-16-9-11-17(12-10-16)19-6-2-1-5-18(19)13-25/h1-12H,14-15H2. The zero-order valence-corrected chi connectivity index (χ0v) is 17.4. The molecule has 0 atom stereocenters. The normalized spacial score (nSPS) is 10.5. The molecule has 0 fully saturated rings. The van der Waals surface area contributed by atoms with Gasteiger partial charge in [0.1, 0.15) is 5.75 Å². The molecule has 0 bridgehead atoms. The highest BCUT2D eigenvalue weighted by Crippen LogP contribution is 2.27. The number of aromatic nitrogens is 2. The van der Waals surface area contributed by atoms with Gasteiger partial charge in [-0.3, -0.25) is 0 Å². The Hall–Kier alpha value is -3.27. The van der Waals surface area contributed by atoms with Crippen LogP contribution in [0.25, 0.3) is 11.1 Å². The fraction of sp³-hybridized carbons (Fsp3) is 0.0870. The van der Waals surface area contributed by atoms with Gasteiger partial charge in [0.05, 0.1) is 16.7 Å². The fourth-order valence-corrected chi connectivity index (χ4v) is 3.74. The van der Waals surface area contributed by atoms with E-state index >= 15 is 0 Å². The highest BCUT2D eigenvalue weighted by atomic mass is 35.5. The number of nitrogens with zero attached hydrogens (tertiary/aromatic N) is 3. The molecule has 148 valence electrons. The molecule has 4 aromatic rings. The van der Waals surface area contributed by atoms with Gasteiger partial charge in [-0.05, 0) is 34.9 Å². The molecule has 0 aliphatic rings. The average molecular weight is 434 g/mol. The summed E-state index contributed by atoms with van der Waals surface area (Å²) >= 11 is 7.52. The SMILES string of the molecule is N#Cc1ccccc1-c1ccc(CSc2nnc(COc3ccccc3Cl)o2)cc1. The Kier molecular flexibility index (Phi) is 6.33. The topological polar surface area (TPSA) is 71.9 Å². The molecule has 3 aromatic carbocycles. The lowest BCUT2D eigenvalue weighted by atomic mass is 10.00. The van der Waals surface area contributed by atoms with Crippen molar-refractivity contribution >= 4 is 23.4 Å². The summed E-state index contributed by atoms with van der Waals surface area (Å²) in [6.45, 7) is 0.157. The van der Waals surface area contributed by atoms with Crippen LogP contribution in [0.3, 0.4) is 0 Å². The van der Waals surface area contributed by atoms with Crippen LogP contribution in [-0.4, -0.2) is 10.2 Å². The molecule has 0 unspecified atom stereocenters. The zero-order chi connectivity index (χ0) is 20.8. The van der Waals surface area contributed by atoms with Crippen LogP contribution in [0.1, 0.15) is 17.0 Å². The van der Waals surface area contributed by atoms with Crippen molar-refractivity contribution in [1.82, 2.24) is 10.2 Å². The number of hydrogen-bond donors (Lipinski definition) is 0. The van der Waals surface area contributed by atoms with E-state index in [4.69, 9.17) is 20.8 Å². The molecule has 4 rings (SSSR count). The molecule has 1 aromatic heterocycles. The Morgan fingerprint density at radius 3 is 2.53 bits per heavy atom. The van der Waals surface area contributed by atoms with Gasteiger partial charge in [-0.15, -0.1) is 10.2 Å². The number of para-hydroxylation sites is 1. The minimum atomic E-state index is 0.157. The minimum Gasteiger partial charge on any atom is -0.482 e. The Morgan fingerprint density at radius 2 is 1.73 bits per heavy atom. The van der Waals surface area contributed by atoms with Gasteiger partial charge >= 0.3 is 0 Å². The van der Waals surface area contributed by atoms with E-state index in [1.54, 1.807) is 12.1 Å². The highest BCUT2D eigenvalue weighted by molar-refractivity contribution is 7.98. The minimum absolute atomic E-state index is 0.157. The zero-order valence-electron chi connectivity index (χ0n) is 15.8. The molecule has 7 heteroatoms. The maximum Gasteiger partial charge on any atom is 0.277 e. The third kappa shape index (κ3) is 4.82. The van der Waals surface area contributed by atoms with Crippen molar-refractivity contribution in [2.45, 2.75) is 17.6 Å². The van der Waals surface area contributed by atoms with E-state index in [9.17, 15) is 5.26 Å². The van der Waals surface area contributed by atoms with Crippen molar-refractivity contribution in [3.63, 3.8) is 0 Å². The molecule has 0 saturated heterocycles. The highest BCUT2D eigenvalue weighted by Gasteiger charge is 2.10. The first-order valence-electron chi connectivity index (χ1n) is 9.14. The van der Waals surface area contributed by atoms with Crippen molar-refractivity contribution in [3.05, 3.63) is 94.8 Å². The summed E-state index contributed by atoms with van der Waals surface area (Å²) in [5, 5.41) is 18.3. The molecule has 0 aliphatic carbocycles. The van der Waals surface area contributed by atoms with Crippen molar-refractivity contribution in [2.75, 3.05) is 0 Å². The quantitative estimate of drug-likeness (QED) is 0.326. The lowest BCUT2D eigenvalue weighted by Gasteiger charge is -2.05. The molecule has 0 saturated carbocycles. The van der Waals surface area contributed by atoms with Crippen molar-refractivity contribution in [3.8, 4) is 22.9 Å². The number of benzene rings is 3. The summed E-state index contributed by atoms with van der Waals surface area (Å²) < 4.78 is 11.2. The van der Waals surface area contributed by atoms with Gasteiger partial charge < -0.3 is 9.15 Å². The summed E-state index contributed by atoms with van der Waals surface area (Å²) in [7, 11) is 0. The van der Waals surface area contributed by atoms with E-state index in [1.165, 1.54) is 11.8 Å². The van der Waals surface area contributed by atoms with E-state index < -0.39 is 0 Å². The van der Waals surface area contributed by atoms with Gasteiger partial charge in [0.25, 0.3) is 11.1 Å². The maximum atomic E-state index is 9.27. The van der Waals surface area contributed by atoms with Crippen molar-refractivity contribution < 1.29 is 9.15 Å². The number of hydrogen-bond acceptors (Lipinski definition) is 6. The lowest BCUT2D eigenvalue weighted by molar-refractivity contribution is 0.252. The van der Waals surface area contributed by atoms with Crippen LogP contribution in [-0.2, 0) is 12.4 Å². The van der Waals surface area contributed by atoms with Crippen LogP contribution < -0.4 is 4.74 Å². The number of nitriles is 1. The van der Waals surface area contributed by atoms with Crippen LogP contribution in [0.2, 0.25) is 5.02 Å². The molecule has 0 aliphatic heterocycles. The third-order valence-corrected chi connectivity index (χ3v) is 5.51. The second kappa shape index (κ2) is 9.49. The Bertz CT molecular complexity index is 1190. The van der Waals surface area contributed by atoms with Crippen LogP contribution >= 0.6 is 23.4 Å². The molecule has 1 heterocycles. The molecule has 30 heavy (non-hydrogen) atoms. The van der Waals surface area contributed by atoms with Crippen LogP contribution in [0, 0.1) is 11.3 Å². The third-order valence-electron chi connectivity index (χ3n) is 4.31. The summed E-state index contributed by atoms with van der Waals surface area (Å²) in [5.41, 5.74) is 3.72. The summed E-state index contributed by atoms with van der Waals surface area (Å²) in [6.07, 6.45) is 0. The fourth-order valence-electron chi connectivity index (χ4n) is 2.81. The smallest absolute Gasteiger partial charge is 0.277 e. The largest absolute Gasteiger partial charge is 0.482 e. The number of halogens is 1. The lowest BCUT2D eigenvalue weighted by Crippen LogP contribution is -1.95. The predicted octanol–water partition coefficient (Wildman–Crippen LogP) is 6.13. The van der Waals surface area contributed by atoms with Gasteiger partial charge in [0.2, 0.25) is 0 Å². The second-order valence-electron chi connectivity index (χ2n) is 6.32. The van der Waals surface area contributed by atoms with Gasteiger partial charge in [-0.25, -0.2) is 0 Å². The monoisotopic (exact) mass is 433 g/mol. The summed E-state index contributed by atoms with van der Waals surface area (Å²) in [6, 6.07) is 25.1. The van der Waals surface area contributed by atoms with E-state index in [0.717, 1.165) is 16.7 Å². The average Bonchev–Trinajstić information content (AvgIpc) is 3.25. The van der Waals surface area contributed by atoms with E-state index in [2.05, 4.69) is 16.3 Å². The molecule has 0 N–H and O–H groups in total. The summed E-state index contributed by atoms with van der Waals surface area (Å²) in [5.74, 6) is 1.65. The number of ether oxygens (including phenoxy) is 1. The van der Waals surface area contributed by atoms with Crippen LogP contribution in [0.4, 0.5) is 0 Å². The Morgan fingerprint density at radius 1 is 0.967 bits per heavy atom. The van der Waals surface area contributed by atoms with Gasteiger partial charge in [-0.2, -0.15) is 5.26 Å². The van der Waals surface area contributed by atoms with Crippen molar-refractivity contribution in [1.29, 1.82) is 5.26 Å². The molecular weight excluding hydrogens is 418 g/mol. The van der Waals surface area contributed by atoms with Crippen LogP contribution in [0.15, 0.2) is 82.4 Å². The number of thioether (sulfide) groups is 1. The van der Waals surface area contributed by atoms with Gasteiger partial charge in [-0.1, -0.05) is 78.0 Å². The van der Waals surface area contributed by atoms with E-state index in [-0.39, 0.29) is 6.61 Å². The summed E-state index contributed by atoms with van der Waals surface area (Å²) in [4.78, 5) is 0. The van der Waals surface area contributed by atoms with E-state index in [0.29, 0.717) is 33.2 Å². The first-order chi connectivity index (χ1) is 14.7. The first-order valence-corrected chi connectivity index (χ1v) is 10.5. The first kappa shape index (κ1) is 20.0. The van der Waals surface area contributed by atoms with Crippen molar-refractivity contribution in [2.24, 2.45) is 0 Å². The molecule has 0 radical (unpaired) electrons. The molecule has 5 nitrogen and oxygen atoms in total.